The summed E-state index contributed by atoms with van der Waals surface area (Å²) >= 11 is 4.51. The number of nitrogens with one attached hydrogen (secondary N) is 1. The van der Waals surface area contributed by atoms with Crippen LogP contribution in [0, 0.1) is 0 Å². The third-order valence-corrected chi connectivity index (χ3v) is 0.938. The number of nitrogens with zero attached hydrogens (tertiary/aromatic N) is 2. The van der Waals surface area contributed by atoms with Crippen molar-refractivity contribution in [1.29, 1.82) is 0 Å². The van der Waals surface area contributed by atoms with Gasteiger partial charge in [0.15, 0.2) is 0 Å². The maximum absolute atomic E-state index is 4.51. The summed E-state index contributed by atoms with van der Waals surface area (Å²) in [5.41, 5.74) is 2.17. The van der Waals surface area contributed by atoms with E-state index in [4.69, 9.17) is 0 Å². The molecule has 0 fully saturated rings. The lowest BCUT2D eigenvalue weighted by Crippen LogP contribution is -2.08. The lowest BCUT2D eigenvalue weighted by molar-refractivity contribution is 0.392. The van der Waals surface area contributed by atoms with E-state index >= 15 is 0 Å². The van der Waals surface area contributed by atoms with E-state index in [9.17, 15) is 0 Å². The van der Waals surface area contributed by atoms with Crippen molar-refractivity contribution in [3.05, 3.63) is 12.0 Å². The largest absolute Gasteiger partial charge is 0.376 e. The Hall–Kier alpha value is -0.970. The predicted molar refractivity (Wildman–Crippen MR) is 34.8 cm³/mol. The maximum Gasteiger partial charge on any atom is 0.149 e. The first-order valence-electron chi connectivity index (χ1n) is 2.36. The van der Waals surface area contributed by atoms with Crippen LogP contribution >= 0.6 is 12.2 Å². The zero-order valence-electron chi connectivity index (χ0n) is 4.57. The molecule has 1 aromatic heterocycles. The lowest BCUT2D eigenvalue weighted by Gasteiger charge is -1.88. The standard InChI is InChI=1S/C4H5N3OS/c9-3-5-1-4-2-8-7-6-4/h2-3H,1H2,(H,5,9). The molecule has 0 radical (unpaired) electrons. The highest BCUT2D eigenvalue weighted by Gasteiger charge is 1.92. The van der Waals surface area contributed by atoms with Gasteiger partial charge in [0.05, 0.1) is 12.0 Å². The Kier molecular flexibility index (Phi) is 2.14. The first kappa shape index (κ1) is 6.15. The summed E-state index contributed by atoms with van der Waals surface area (Å²) in [6.07, 6.45) is 1.46. The molecule has 1 N–H and O–H groups in total. The van der Waals surface area contributed by atoms with Crippen molar-refractivity contribution in [2.24, 2.45) is 0 Å². The molecule has 0 unspecified atom stereocenters. The van der Waals surface area contributed by atoms with E-state index in [1.165, 1.54) is 11.8 Å². The summed E-state index contributed by atoms with van der Waals surface area (Å²) < 4.78 is 4.46. The minimum absolute atomic E-state index is 0.576. The Labute approximate surface area is 57.2 Å². The molecule has 0 amide bonds. The van der Waals surface area contributed by atoms with Crippen LogP contribution in [0.5, 0.6) is 0 Å². The molecule has 9 heavy (non-hydrogen) atoms. The van der Waals surface area contributed by atoms with Gasteiger partial charge in [-0.05, 0) is 0 Å². The van der Waals surface area contributed by atoms with Crippen LogP contribution in [0.2, 0.25) is 0 Å². The highest BCUT2D eigenvalue weighted by molar-refractivity contribution is 7.78. The van der Waals surface area contributed by atoms with Gasteiger partial charge in [-0.1, -0.05) is 12.2 Å². The molecule has 1 aromatic rings. The molecule has 4 nitrogen and oxygen atoms in total. The molecule has 48 valence electrons. The van der Waals surface area contributed by atoms with E-state index in [-0.39, 0.29) is 0 Å². The van der Waals surface area contributed by atoms with Crippen LogP contribution in [0.25, 0.3) is 0 Å². The Balaban J connectivity index is 2.38. The average molecular weight is 143 g/mol. The summed E-state index contributed by atoms with van der Waals surface area (Å²) in [4.78, 5) is 0. The number of thiocarbonyl (C=S) groups is 1. The quantitative estimate of drug-likeness (QED) is 0.609. The van der Waals surface area contributed by atoms with E-state index in [1.807, 2.05) is 0 Å². The molecular formula is C4H5N3OS. The summed E-state index contributed by atoms with van der Waals surface area (Å²) in [6.45, 7) is 0.576. The van der Waals surface area contributed by atoms with Gasteiger partial charge in [0.2, 0.25) is 0 Å². The molecule has 0 saturated carbocycles. The normalized spacial score (nSPS) is 8.89. The Bertz CT molecular complexity index is 174. The van der Waals surface area contributed by atoms with Crippen molar-refractivity contribution in [3.8, 4) is 0 Å². The molecular weight excluding hydrogens is 138 g/mol. The molecule has 0 bridgehead atoms. The van der Waals surface area contributed by atoms with Crippen LogP contribution in [-0.4, -0.2) is 15.9 Å². The molecule has 0 aliphatic heterocycles. The molecule has 0 spiro atoms. The molecule has 0 aliphatic rings. The van der Waals surface area contributed by atoms with Crippen LogP contribution in [0.15, 0.2) is 10.8 Å². The van der Waals surface area contributed by atoms with Crippen molar-refractivity contribution in [3.63, 3.8) is 0 Å². The van der Waals surface area contributed by atoms with Gasteiger partial charge in [-0.25, -0.2) is 0 Å². The molecule has 0 saturated heterocycles. The summed E-state index contributed by atoms with van der Waals surface area (Å²) in [5, 5.41) is 9.65. The third-order valence-electron chi connectivity index (χ3n) is 0.772. The SMILES string of the molecule is S=CNCc1conn1. The minimum Gasteiger partial charge on any atom is -0.376 e. The molecule has 1 rings (SSSR count). The van der Waals surface area contributed by atoms with Crippen molar-refractivity contribution < 1.29 is 4.52 Å². The average Bonchev–Trinajstić information content (AvgIpc) is 2.34. The van der Waals surface area contributed by atoms with Gasteiger partial charge >= 0.3 is 0 Å². The topological polar surface area (TPSA) is 51.0 Å². The fourth-order valence-corrected chi connectivity index (χ4v) is 0.491. The zero-order valence-corrected chi connectivity index (χ0v) is 5.39. The molecule has 0 atom stereocenters. The number of aromatic nitrogens is 2. The predicted octanol–water partition coefficient (Wildman–Crippen LogP) is 0.116. The van der Waals surface area contributed by atoms with Gasteiger partial charge in [0, 0.05) is 5.27 Å². The van der Waals surface area contributed by atoms with Crippen molar-refractivity contribution >= 4 is 17.7 Å². The second-order valence-corrected chi connectivity index (χ2v) is 1.63. The maximum atomic E-state index is 4.51. The van der Waals surface area contributed by atoms with Crippen LogP contribution in [-0.2, 0) is 6.54 Å². The molecule has 0 aromatic carbocycles. The van der Waals surface area contributed by atoms with Crippen molar-refractivity contribution in [2.75, 3.05) is 0 Å². The Morgan fingerprint density at radius 1 is 1.89 bits per heavy atom. The summed E-state index contributed by atoms with van der Waals surface area (Å²) in [5.74, 6) is 0. The highest BCUT2D eigenvalue weighted by Crippen LogP contribution is 1.87. The van der Waals surface area contributed by atoms with E-state index in [0.29, 0.717) is 6.54 Å². The van der Waals surface area contributed by atoms with E-state index < -0.39 is 0 Å². The Morgan fingerprint density at radius 2 is 2.78 bits per heavy atom. The second-order valence-electron chi connectivity index (χ2n) is 1.39. The van der Waals surface area contributed by atoms with Crippen LogP contribution < -0.4 is 5.32 Å². The Morgan fingerprint density at radius 3 is 3.33 bits per heavy atom. The third kappa shape index (κ3) is 1.77. The van der Waals surface area contributed by atoms with Gasteiger partial charge in [0.1, 0.15) is 12.0 Å². The smallest absolute Gasteiger partial charge is 0.149 e. The molecule has 0 aliphatic carbocycles. The summed E-state index contributed by atoms with van der Waals surface area (Å²) in [6, 6.07) is 0. The van der Waals surface area contributed by atoms with Gasteiger partial charge < -0.3 is 9.84 Å². The zero-order chi connectivity index (χ0) is 6.53. The van der Waals surface area contributed by atoms with E-state index in [0.717, 1.165) is 5.69 Å². The summed E-state index contributed by atoms with van der Waals surface area (Å²) in [7, 11) is 0. The van der Waals surface area contributed by atoms with Gasteiger partial charge in [-0.3, -0.25) is 0 Å². The van der Waals surface area contributed by atoms with Gasteiger partial charge in [0.25, 0.3) is 0 Å². The van der Waals surface area contributed by atoms with E-state index in [1.54, 1.807) is 0 Å². The highest BCUT2D eigenvalue weighted by atomic mass is 32.1. The number of hydrogen-bond acceptors (Lipinski definition) is 4. The molecule has 1 heterocycles. The minimum atomic E-state index is 0.576. The van der Waals surface area contributed by atoms with Gasteiger partial charge in [-0.15, -0.1) is 5.10 Å². The fraction of sp³-hybridized carbons (Fsp3) is 0.250. The van der Waals surface area contributed by atoms with Crippen LogP contribution in [0.1, 0.15) is 5.69 Å². The van der Waals surface area contributed by atoms with Crippen LogP contribution in [0.3, 0.4) is 0 Å². The van der Waals surface area contributed by atoms with Crippen molar-refractivity contribution in [1.82, 2.24) is 15.7 Å². The number of rotatable bonds is 3. The molecule has 5 heteroatoms. The van der Waals surface area contributed by atoms with Crippen molar-refractivity contribution in [2.45, 2.75) is 6.54 Å². The second kappa shape index (κ2) is 3.13. The fourth-order valence-electron chi connectivity index (χ4n) is 0.407. The number of hydrogen-bond donors (Lipinski definition) is 1. The van der Waals surface area contributed by atoms with E-state index in [2.05, 4.69) is 32.4 Å². The monoisotopic (exact) mass is 143 g/mol. The lowest BCUT2D eigenvalue weighted by atomic mass is 10.5. The van der Waals surface area contributed by atoms with Crippen LogP contribution in [0.4, 0.5) is 0 Å². The van der Waals surface area contributed by atoms with Gasteiger partial charge in [-0.2, -0.15) is 0 Å². The first-order valence-corrected chi connectivity index (χ1v) is 2.83. The first-order chi connectivity index (χ1) is 4.43.